The predicted molar refractivity (Wildman–Crippen MR) is 166 cm³/mol. The number of benzene rings is 2. The second-order valence-corrected chi connectivity index (χ2v) is 13.0. The fourth-order valence-corrected chi connectivity index (χ4v) is 7.57. The topological polar surface area (TPSA) is 87.1 Å². The number of carbonyl (C=O) groups is 2. The Balaban J connectivity index is 1.28. The number of aryl methyl sites for hydroxylation is 2. The molecule has 41 heavy (non-hydrogen) atoms. The average molecular weight is 639 g/mol. The summed E-state index contributed by atoms with van der Waals surface area (Å²) < 4.78 is 5.53. The number of carbonyl (C=O) groups excluding carboxylic acids is 2. The predicted octanol–water partition coefficient (Wildman–Crippen LogP) is 7.18. The molecule has 0 unspecified atom stereocenters. The SMILES string of the molecule is CC(=O)N(CCO)c1ccc(OC(=O)c2ccc(CCC[C@@H]3[C@@H](CCc4cc(Cl)cc(Cl)c4)[C@H](O)C[C@H]3Cl)s2)cc1. The van der Waals surface area contributed by atoms with Crippen molar-refractivity contribution in [3.8, 4) is 5.75 Å². The molecule has 220 valence electrons. The average Bonchev–Trinajstić information content (AvgIpc) is 3.50. The molecule has 0 aliphatic heterocycles. The quantitative estimate of drug-likeness (QED) is 0.125. The molecule has 4 atom stereocenters. The van der Waals surface area contributed by atoms with Crippen LogP contribution in [0.5, 0.6) is 5.75 Å². The number of halogens is 3. The smallest absolute Gasteiger partial charge is 0.353 e. The van der Waals surface area contributed by atoms with Gasteiger partial charge in [0.2, 0.25) is 5.91 Å². The fourth-order valence-electron chi connectivity index (χ4n) is 5.58. The summed E-state index contributed by atoms with van der Waals surface area (Å²) in [5.41, 5.74) is 1.68. The number of thiophene rings is 1. The highest BCUT2D eigenvalue weighted by Crippen LogP contribution is 2.42. The first-order valence-electron chi connectivity index (χ1n) is 13.7. The summed E-state index contributed by atoms with van der Waals surface area (Å²) in [6.45, 7) is 1.48. The summed E-state index contributed by atoms with van der Waals surface area (Å²) in [6.07, 6.45) is 4.37. The molecule has 1 saturated carbocycles. The Morgan fingerprint density at radius 2 is 1.71 bits per heavy atom. The molecule has 0 radical (unpaired) electrons. The molecule has 1 aliphatic carbocycles. The number of amides is 1. The Bertz CT molecular complexity index is 1310. The second kappa shape index (κ2) is 14.9. The van der Waals surface area contributed by atoms with Gasteiger partial charge in [0.15, 0.2) is 0 Å². The van der Waals surface area contributed by atoms with Crippen LogP contribution < -0.4 is 9.64 Å². The number of hydrogen-bond acceptors (Lipinski definition) is 6. The number of aliphatic hydroxyl groups excluding tert-OH is 2. The highest BCUT2D eigenvalue weighted by Gasteiger charge is 2.40. The minimum absolute atomic E-state index is 0.0654. The van der Waals surface area contributed by atoms with Crippen LogP contribution in [0.3, 0.4) is 0 Å². The first-order chi connectivity index (χ1) is 19.6. The summed E-state index contributed by atoms with van der Waals surface area (Å²) in [6, 6.07) is 15.9. The van der Waals surface area contributed by atoms with E-state index in [1.54, 1.807) is 36.4 Å². The summed E-state index contributed by atoms with van der Waals surface area (Å²) in [5.74, 6) is 0.0830. The highest BCUT2D eigenvalue weighted by atomic mass is 35.5. The van der Waals surface area contributed by atoms with Gasteiger partial charge in [0.25, 0.3) is 0 Å². The van der Waals surface area contributed by atoms with E-state index in [0.29, 0.717) is 32.8 Å². The van der Waals surface area contributed by atoms with Crippen LogP contribution >= 0.6 is 46.1 Å². The largest absolute Gasteiger partial charge is 0.422 e. The lowest BCUT2D eigenvalue weighted by molar-refractivity contribution is -0.116. The zero-order valence-electron chi connectivity index (χ0n) is 22.8. The number of aliphatic hydroxyl groups is 2. The molecule has 2 aromatic carbocycles. The molecule has 3 aromatic rings. The monoisotopic (exact) mass is 637 g/mol. The lowest BCUT2D eigenvalue weighted by atomic mass is 9.85. The molecule has 1 heterocycles. The van der Waals surface area contributed by atoms with Gasteiger partial charge in [-0.05, 0) is 111 Å². The van der Waals surface area contributed by atoms with Gasteiger partial charge >= 0.3 is 5.97 Å². The van der Waals surface area contributed by atoms with Crippen molar-refractivity contribution in [2.45, 2.75) is 56.9 Å². The van der Waals surface area contributed by atoms with Gasteiger partial charge in [-0.15, -0.1) is 22.9 Å². The lowest BCUT2D eigenvalue weighted by Gasteiger charge is -2.23. The van der Waals surface area contributed by atoms with Gasteiger partial charge in [-0.25, -0.2) is 4.79 Å². The normalized spacial score (nSPS) is 20.2. The molecular formula is C31H34Cl3NO5S. The van der Waals surface area contributed by atoms with Crippen molar-refractivity contribution in [3.05, 3.63) is 80.0 Å². The van der Waals surface area contributed by atoms with Crippen molar-refractivity contribution in [2.24, 2.45) is 11.8 Å². The molecular weight excluding hydrogens is 605 g/mol. The van der Waals surface area contributed by atoms with Crippen molar-refractivity contribution >= 4 is 63.7 Å². The van der Waals surface area contributed by atoms with Crippen molar-refractivity contribution in [3.63, 3.8) is 0 Å². The van der Waals surface area contributed by atoms with Gasteiger partial charge in [-0.3, -0.25) is 4.79 Å². The number of esters is 1. The van der Waals surface area contributed by atoms with Crippen molar-refractivity contribution in [1.29, 1.82) is 0 Å². The van der Waals surface area contributed by atoms with Gasteiger partial charge in [0.05, 0.1) is 12.7 Å². The molecule has 0 spiro atoms. The molecule has 0 saturated heterocycles. The number of anilines is 1. The third-order valence-electron chi connectivity index (χ3n) is 7.55. The van der Waals surface area contributed by atoms with Crippen LogP contribution in [0, 0.1) is 11.8 Å². The molecule has 6 nitrogen and oxygen atoms in total. The molecule has 4 rings (SSSR count). The van der Waals surface area contributed by atoms with Crippen molar-refractivity contribution in [1.82, 2.24) is 0 Å². The van der Waals surface area contributed by atoms with E-state index in [-0.39, 0.29) is 36.3 Å². The Labute approximate surface area is 259 Å². The standard InChI is InChI=1S/C31H34Cl3NO5S/c1-19(37)35(13-14-36)23-6-8-24(9-7-23)40-31(39)30-12-10-25(41-30)3-2-4-26-27(29(38)18-28(26)34)11-5-20-15-21(32)17-22(33)16-20/h6-10,12,15-17,26-29,36,38H,2-5,11,13-14,18H2,1H3/t26-,27-,28-,29-/m1/s1. The van der Waals surface area contributed by atoms with E-state index < -0.39 is 12.1 Å². The van der Waals surface area contributed by atoms with E-state index in [1.165, 1.54) is 23.2 Å². The maximum absolute atomic E-state index is 12.7. The third-order valence-corrected chi connectivity index (χ3v) is 9.61. The van der Waals surface area contributed by atoms with Crippen LogP contribution in [0.25, 0.3) is 0 Å². The Morgan fingerprint density at radius 3 is 2.37 bits per heavy atom. The summed E-state index contributed by atoms with van der Waals surface area (Å²) in [7, 11) is 0. The van der Waals surface area contributed by atoms with Crippen LogP contribution in [-0.4, -0.2) is 46.7 Å². The number of nitrogens with zero attached hydrogens (tertiary/aromatic N) is 1. The summed E-state index contributed by atoms with van der Waals surface area (Å²) in [5, 5.41) is 21.0. The minimum atomic E-state index is -0.436. The lowest BCUT2D eigenvalue weighted by Crippen LogP contribution is -2.31. The molecule has 1 aliphatic rings. The molecule has 10 heteroatoms. The Hall–Kier alpha value is -2.13. The third kappa shape index (κ3) is 8.69. The summed E-state index contributed by atoms with van der Waals surface area (Å²) in [4.78, 5) is 27.6. The number of rotatable bonds is 12. The van der Waals surface area contributed by atoms with Crippen LogP contribution in [-0.2, 0) is 17.6 Å². The Morgan fingerprint density at radius 1 is 1.00 bits per heavy atom. The molecule has 0 bridgehead atoms. The minimum Gasteiger partial charge on any atom is -0.422 e. The zero-order valence-corrected chi connectivity index (χ0v) is 25.9. The summed E-state index contributed by atoms with van der Waals surface area (Å²) >= 11 is 20.4. The molecule has 1 aromatic heterocycles. The molecule has 2 N–H and O–H groups in total. The van der Waals surface area contributed by atoms with E-state index in [9.17, 15) is 19.8 Å². The van der Waals surface area contributed by atoms with E-state index in [1.807, 2.05) is 18.2 Å². The van der Waals surface area contributed by atoms with Crippen LogP contribution in [0.1, 0.15) is 52.7 Å². The van der Waals surface area contributed by atoms with E-state index in [0.717, 1.165) is 42.5 Å². The first kappa shape index (κ1) is 31.8. The Kier molecular flexibility index (Phi) is 11.5. The van der Waals surface area contributed by atoms with Gasteiger partial charge in [0, 0.05) is 39.5 Å². The van der Waals surface area contributed by atoms with Gasteiger partial charge < -0.3 is 19.8 Å². The van der Waals surface area contributed by atoms with E-state index in [2.05, 4.69) is 0 Å². The first-order valence-corrected chi connectivity index (χ1v) is 15.7. The number of alkyl halides is 1. The maximum atomic E-state index is 12.7. The van der Waals surface area contributed by atoms with Crippen molar-refractivity contribution < 1.29 is 24.5 Å². The van der Waals surface area contributed by atoms with Gasteiger partial charge in [-0.2, -0.15) is 0 Å². The second-order valence-electron chi connectivity index (χ2n) is 10.4. The van der Waals surface area contributed by atoms with Crippen LogP contribution in [0.2, 0.25) is 10.0 Å². The number of hydrogen-bond donors (Lipinski definition) is 2. The van der Waals surface area contributed by atoms with Crippen molar-refractivity contribution in [2.75, 3.05) is 18.1 Å². The zero-order chi connectivity index (χ0) is 29.5. The highest BCUT2D eigenvalue weighted by molar-refractivity contribution is 7.13. The van der Waals surface area contributed by atoms with Crippen LogP contribution in [0.15, 0.2) is 54.6 Å². The van der Waals surface area contributed by atoms with E-state index in [4.69, 9.17) is 39.5 Å². The van der Waals surface area contributed by atoms with E-state index >= 15 is 0 Å². The molecule has 1 fully saturated rings. The van der Waals surface area contributed by atoms with Gasteiger partial charge in [0.1, 0.15) is 10.6 Å². The number of ether oxygens (including phenoxy) is 1. The molecule has 1 amide bonds. The van der Waals surface area contributed by atoms with Crippen LogP contribution in [0.4, 0.5) is 5.69 Å². The van der Waals surface area contributed by atoms with Gasteiger partial charge in [-0.1, -0.05) is 23.2 Å². The fraction of sp³-hybridized carbons (Fsp3) is 0.419. The maximum Gasteiger partial charge on any atom is 0.353 e.